The van der Waals surface area contributed by atoms with Crippen molar-refractivity contribution in [2.24, 2.45) is 0 Å². The fourth-order valence-electron chi connectivity index (χ4n) is 2.20. The number of aryl methyl sites for hydroxylation is 1. The van der Waals surface area contributed by atoms with Gasteiger partial charge in [0.1, 0.15) is 11.4 Å². The second-order valence-corrected chi connectivity index (χ2v) is 4.49. The number of carboxylic acid groups (broad SMARTS) is 1. The highest BCUT2D eigenvalue weighted by Gasteiger charge is 2.18. The van der Waals surface area contributed by atoms with E-state index in [-0.39, 0.29) is 11.3 Å². The normalized spacial score (nSPS) is 11.0. The van der Waals surface area contributed by atoms with Crippen molar-refractivity contribution in [1.29, 1.82) is 0 Å². The van der Waals surface area contributed by atoms with Crippen LogP contribution in [0.5, 0.6) is 0 Å². The lowest BCUT2D eigenvalue weighted by Crippen LogP contribution is -2.28. The van der Waals surface area contributed by atoms with Crippen LogP contribution in [0.25, 0.3) is 11.3 Å². The van der Waals surface area contributed by atoms with E-state index >= 15 is 0 Å². The molecule has 1 N–H and O–H groups in total. The van der Waals surface area contributed by atoms with Gasteiger partial charge < -0.3 is 5.11 Å². The number of fused-ring (bicyclic) bond motifs is 1. The van der Waals surface area contributed by atoms with Crippen LogP contribution in [0.2, 0.25) is 0 Å². The highest BCUT2D eigenvalue weighted by molar-refractivity contribution is 5.88. The monoisotopic (exact) mass is 287 g/mol. The van der Waals surface area contributed by atoms with E-state index in [9.17, 15) is 14.0 Å². The third-order valence-electron chi connectivity index (χ3n) is 3.15. The molecule has 0 atom stereocenters. The number of aromatic carboxylic acids is 1. The number of aromatic nitrogens is 3. The molecule has 0 unspecified atom stereocenters. The maximum Gasteiger partial charge on any atom is 0.343 e. The van der Waals surface area contributed by atoms with Crippen molar-refractivity contribution in [1.82, 2.24) is 14.2 Å². The highest BCUT2D eigenvalue weighted by Crippen LogP contribution is 2.12. The first-order chi connectivity index (χ1) is 9.99. The fourth-order valence-corrected chi connectivity index (χ4v) is 2.20. The number of hydrogen-bond acceptors (Lipinski definition) is 3. The van der Waals surface area contributed by atoms with E-state index in [1.54, 1.807) is 12.3 Å². The SMILES string of the molecule is Cc1nc2ccn(-c3ccc(F)cc3)n2c(=O)c1C(=O)O. The van der Waals surface area contributed by atoms with Crippen LogP contribution in [0.1, 0.15) is 16.1 Å². The van der Waals surface area contributed by atoms with E-state index in [0.717, 1.165) is 4.52 Å². The van der Waals surface area contributed by atoms with E-state index in [2.05, 4.69) is 4.98 Å². The van der Waals surface area contributed by atoms with Crippen molar-refractivity contribution in [3.63, 3.8) is 0 Å². The summed E-state index contributed by atoms with van der Waals surface area (Å²) in [6.45, 7) is 1.47. The molecular weight excluding hydrogens is 277 g/mol. The average molecular weight is 287 g/mol. The van der Waals surface area contributed by atoms with Crippen molar-refractivity contribution in [2.75, 3.05) is 0 Å². The topological polar surface area (TPSA) is 76.6 Å². The smallest absolute Gasteiger partial charge is 0.343 e. The van der Waals surface area contributed by atoms with E-state index in [4.69, 9.17) is 5.11 Å². The Morgan fingerprint density at radius 1 is 1.24 bits per heavy atom. The lowest BCUT2D eigenvalue weighted by Gasteiger charge is -2.08. The predicted octanol–water partition coefficient (Wildman–Crippen LogP) is 1.63. The van der Waals surface area contributed by atoms with Crippen molar-refractivity contribution in [2.45, 2.75) is 6.92 Å². The second-order valence-electron chi connectivity index (χ2n) is 4.49. The van der Waals surface area contributed by atoms with Crippen LogP contribution in [0, 0.1) is 12.7 Å². The van der Waals surface area contributed by atoms with Gasteiger partial charge in [-0.25, -0.2) is 14.2 Å². The fraction of sp³-hybridized carbons (Fsp3) is 0.0714. The molecule has 0 aliphatic heterocycles. The number of halogens is 1. The zero-order valence-electron chi connectivity index (χ0n) is 10.9. The molecule has 0 radical (unpaired) electrons. The minimum atomic E-state index is -1.33. The van der Waals surface area contributed by atoms with Gasteiger partial charge in [0, 0.05) is 12.3 Å². The van der Waals surface area contributed by atoms with Crippen LogP contribution < -0.4 is 5.56 Å². The quantitative estimate of drug-likeness (QED) is 0.777. The maximum atomic E-state index is 13.0. The molecule has 2 aromatic heterocycles. The first-order valence-electron chi connectivity index (χ1n) is 6.09. The summed E-state index contributed by atoms with van der Waals surface area (Å²) in [6.07, 6.45) is 1.57. The molecule has 7 heteroatoms. The van der Waals surface area contributed by atoms with Crippen molar-refractivity contribution < 1.29 is 14.3 Å². The van der Waals surface area contributed by atoms with Crippen LogP contribution in [-0.2, 0) is 0 Å². The van der Waals surface area contributed by atoms with Crippen molar-refractivity contribution in [3.05, 3.63) is 64.0 Å². The molecule has 21 heavy (non-hydrogen) atoms. The lowest BCUT2D eigenvalue weighted by molar-refractivity contribution is 0.0693. The minimum Gasteiger partial charge on any atom is -0.477 e. The van der Waals surface area contributed by atoms with Crippen LogP contribution in [0.3, 0.4) is 0 Å². The van der Waals surface area contributed by atoms with Crippen molar-refractivity contribution >= 4 is 11.6 Å². The third-order valence-corrected chi connectivity index (χ3v) is 3.15. The van der Waals surface area contributed by atoms with E-state index in [1.807, 2.05) is 0 Å². The molecule has 0 fully saturated rings. The van der Waals surface area contributed by atoms with Gasteiger partial charge in [0.05, 0.1) is 11.4 Å². The first-order valence-corrected chi connectivity index (χ1v) is 6.09. The molecule has 1 aromatic carbocycles. The summed E-state index contributed by atoms with van der Waals surface area (Å²) in [4.78, 5) is 27.7. The highest BCUT2D eigenvalue weighted by atomic mass is 19.1. The summed E-state index contributed by atoms with van der Waals surface area (Å²) >= 11 is 0. The number of nitrogens with zero attached hydrogens (tertiary/aromatic N) is 3. The number of carbonyl (C=O) groups is 1. The Morgan fingerprint density at radius 3 is 2.52 bits per heavy atom. The molecule has 0 spiro atoms. The molecule has 3 aromatic rings. The Kier molecular flexibility index (Phi) is 2.83. The van der Waals surface area contributed by atoms with Gasteiger partial charge in [-0.1, -0.05) is 0 Å². The summed E-state index contributed by atoms with van der Waals surface area (Å²) in [7, 11) is 0. The zero-order valence-corrected chi connectivity index (χ0v) is 10.9. The van der Waals surface area contributed by atoms with E-state index < -0.39 is 17.3 Å². The summed E-state index contributed by atoms with van der Waals surface area (Å²) in [5, 5.41) is 9.13. The Bertz CT molecular complexity index is 910. The molecule has 6 nitrogen and oxygen atoms in total. The Hall–Kier alpha value is -2.96. The van der Waals surface area contributed by atoms with Gasteiger partial charge in [-0.3, -0.25) is 9.48 Å². The minimum absolute atomic E-state index is 0.157. The third kappa shape index (κ3) is 1.99. The van der Waals surface area contributed by atoms with Gasteiger partial charge in [0.15, 0.2) is 5.65 Å². The summed E-state index contributed by atoms with van der Waals surface area (Å²) < 4.78 is 15.5. The Morgan fingerprint density at radius 2 is 1.90 bits per heavy atom. The molecule has 0 aliphatic carbocycles. The summed E-state index contributed by atoms with van der Waals surface area (Å²) in [6, 6.07) is 7.07. The molecule has 0 saturated carbocycles. The van der Waals surface area contributed by atoms with E-state index in [1.165, 1.54) is 35.9 Å². The maximum absolute atomic E-state index is 13.0. The predicted molar refractivity (Wildman–Crippen MR) is 72.4 cm³/mol. The molecular formula is C14H10FN3O3. The Balaban J connectivity index is 2.36. The molecule has 3 rings (SSSR count). The number of carboxylic acids is 1. The van der Waals surface area contributed by atoms with Gasteiger partial charge in [-0.15, -0.1) is 0 Å². The molecule has 0 amide bonds. The van der Waals surface area contributed by atoms with Crippen molar-refractivity contribution in [3.8, 4) is 5.69 Å². The average Bonchev–Trinajstić information content (AvgIpc) is 2.83. The second kappa shape index (κ2) is 4.55. The van der Waals surface area contributed by atoms with Crippen LogP contribution >= 0.6 is 0 Å². The number of rotatable bonds is 2. The molecule has 2 heterocycles. The molecule has 0 aliphatic rings. The summed E-state index contributed by atoms with van der Waals surface area (Å²) in [5.41, 5.74) is -0.0550. The zero-order chi connectivity index (χ0) is 15.1. The van der Waals surface area contributed by atoms with Gasteiger partial charge in [0.25, 0.3) is 5.56 Å². The molecule has 0 saturated heterocycles. The van der Waals surface area contributed by atoms with Gasteiger partial charge in [-0.2, -0.15) is 4.52 Å². The van der Waals surface area contributed by atoms with E-state index in [0.29, 0.717) is 11.3 Å². The number of hydrogen-bond donors (Lipinski definition) is 1. The number of benzene rings is 1. The van der Waals surface area contributed by atoms with Gasteiger partial charge >= 0.3 is 5.97 Å². The van der Waals surface area contributed by atoms with Gasteiger partial charge in [-0.05, 0) is 31.2 Å². The summed E-state index contributed by atoms with van der Waals surface area (Å²) in [5.74, 6) is -1.73. The first kappa shape index (κ1) is 13.0. The van der Waals surface area contributed by atoms with Crippen LogP contribution in [0.15, 0.2) is 41.3 Å². The van der Waals surface area contributed by atoms with Gasteiger partial charge in [0.2, 0.25) is 0 Å². The molecule has 0 bridgehead atoms. The standard InChI is InChI=1S/C14H10FN3O3/c1-8-12(14(20)21)13(19)18-11(16-8)6-7-17(18)10-4-2-9(15)3-5-10/h2-7H,1H3,(H,20,21). The largest absolute Gasteiger partial charge is 0.477 e. The van der Waals surface area contributed by atoms with Crippen LogP contribution in [-0.4, -0.2) is 25.3 Å². The lowest BCUT2D eigenvalue weighted by atomic mass is 10.2. The molecule has 106 valence electrons. The Labute approximate surface area is 117 Å². The van der Waals surface area contributed by atoms with Crippen LogP contribution in [0.4, 0.5) is 4.39 Å².